The molecule has 0 aliphatic rings. The number of hydrogen-bond acceptors (Lipinski definition) is 3. The van der Waals surface area contributed by atoms with Crippen LogP contribution in [-0.4, -0.2) is 28.6 Å². The molecular weight excluding hydrogens is 422 g/mol. The maximum atomic E-state index is 12.2. The maximum absolute atomic E-state index is 12.2. The van der Waals surface area contributed by atoms with Crippen LogP contribution in [0.3, 0.4) is 0 Å². The number of aryl methyl sites for hydroxylation is 4. The second kappa shape index (κ2) is 11.5. The van der Waals surface area contributed by atoms with E-state index in [0.29, 0.717) is 19.6 Å². The predicted octanol–water partition coefficient (Wildman–Crippen LogP) is 5.41. The first-order chi connectivity index (χ1) is 16.6. The molecule has 1 amide bonds. The zero-order valence-electron chi connectivity index (χ0n) is 20.1. The first-order valence-electron chi connectivity index (χ1n) is 12.0. The van der Waals surface area contributed by atoms with E-state index >= 15 is 0 Å². The van der Waals surface area contributed by atoms with Gasteiger partial charge in [0.05, 0.1) is 17.6 Å². The average molecular weight is 456 g/mol. The Kier molecular flexibility index (Phi) is 7.97. The number of benzene rings is 3. The van der Waals surface area contributed by atoms with Crippen molar-refractivity contribution >= 4 is 16.9 Å². The van der Waals surface area contributed by atoms with Crippen molar-refractivity contribution in [1.82, 2.24) is 14.9 Å². The van der Waals surface area contributed by atoms with Crippen LogP contribution >= 0.6 is 0 Å². The molecule has 0 spiro atoms. The molecule has 1 heterocycles. The molecule has 0 atom stereocenters. The average Bonchev–Trinajstić information content (AvgIpc) is 3.20. The molecule has 0 saturated carbocycles. The fourth-order valence-corrected chi connectivity index (χ4v) is 4.24. The van der Waals surface area contributed by atoms with Crippen LogP contribution in [0, 0.1) is 13.8 Å². The van der Waals surface area contributed by atoms with Gasteiger partial charge < -0.3 is 14.6 Å². The van der Waals surface area contributed by atoms with Gasteiger partial charge in [-0.05, 0) is 56.0 Å². The van der Waals surface area contributed by atoms with E-state index in [4.69, 9.17) is 9.72 Å². The Hall–Kier alpha value is -3.60. The third-order valence-corrected chi connectivity index (χ3v) is 6.02. The lowest BCUT2D eigenvalue weighted by Crippen LogP contribution is -2.25. The van der Waals surface area contributed by atoms with Crippen molar-refractivity contribution in [3.63, 3.8) is 0 Å². The van der Waals surface area contributed by atoms with Gasteiger partial charge in [0, 0.05) is 19.4 Å². The van der Waals surface area contributed by atoms with E-state index in [9.17, 15) is 4.79 Å². The highest BCUT2D eigenvalue weighted by molar-refractivity contribution is 5.76. The summed E-state index contributed by atoms with van der Waals surface area (Å²) in [5.74, 6) is 2.05. The van der Waals surface area contributed by atoms with Crippen molar-refractivity contribution in [1.29, 1.82) is 0 Å². The molecule has 4 aromatic rings. The number of nitrogens with zero attached hydrogens (tertiary/aromatic N) is 2. The fourth-order valence-electron chi connectivity index (χ4n) is 4.24. The zero-order valence-corrected chi connectivity index (χ0v) is 20.1. The summed E-state index contributed by atoms with van der Waals surface area (Å²) in [4.78, 5) is 17.1. The second-order valence-electron chi connectivity index (χ2n) is 8.72. The lowest BCUT2D eigenvalue weighted by molar-refractivity contribution is -0.121. The van der Waals surface area contributed by atoms with Crippen LogP contribution in [0.2, 0.25) is 0 Å². The van der Waals surface area contributed by atoms with E-state index in [1.54, 1.807) is 0 Å². The van der Waals surface area contributed by atoms with E-state index in [2.05, 4.69) is 54.1 Å². The summed E-state index contributed by atoms with van der Waals surface area (Å²) in [6.45, 7) is 6.12. The molecule has 0 aliphatic heterocycles. The SMILES string of the molecule is Cc1ccc(OCCn2c(CCCNC(=O)CCc3ccccc3)nc3ccccc32)c(C)c1. The van der Waals surface area contributed by atoms with E-state index in [0.717, 1.165) is 54.0 Å². The minimum Gasteiger partial charge on any atom is -0.491 e. The fraction of sp³-hybridized carbons (Fsp3) is 0.310. The Morgan fingerprint density at radius 2 is 1.76 bits per heavy atom. The Morgan fingerprint density at radius 1 is 0.971 bits per heavy atom. The Balaban J connectivity index is 1.30. The van der Waals surface area contributed by atoms with Gasteiger partial charge in [-0.2, -0.15) is 0 Å². The highest BCUT2D eigenvalue weighted by Gasteiger charge is 2.11. The molecule has 5 heteroatoms. The summed E-state index contributed by atoms with van der Waals surface area (Å²) in [6.07, 6.45) is 2.93. The van der Waals surface area contributed by atoms with Gasteiger partial charge in [0.1, 0.15) is 18.2 Å². The van der Waals surface area contributed by atoms with Gasteiger partial charge in [0.15, 0.2) is 0 Å². The molecule has 4 rings (SSSR count). The van der Waals surface area contributed by atoms with Gasteiger partial charge >= 0.3 is 0 Å². The number of nitrogens with one attached hydrogen (secondary N) is 1. The van der Waals surface area contributed by atoms with E-state index in [-0.39, 0.29) is 5.91 Å². The summed E-state index contributed by atoms with van der Waals surface area (Å²) in [5, 5.41) is 3.05. The van der Waals surface area contributed by atoms with Crippen molar-refractivity contribution in [3.05, 3.63) is 95.3 Å². The van der Waals surface area contributed by atoms with Gasteiger partial charge in [0.2, 0.25) is 5.91 Å². The lowest BCUT2D eigenvalue weighted by Gasteiger charge is -2.13. The number of ether oxygens (including phenoxy) is 1. The lowest BCUT2D eigenvalue weighted by atomic mass is 10.1. The van der Waals surface area contributed by atoms with E-state index < -0.39 is 0 Å². The summed E-state index contributed by atoms with van der Waals surface area (Å²) >= 11 is 0. The molecule has 176 valence electrons. The summed E-state index contributed by atoms with van der Waals surface area (Å²) < 4.78 is 8.33. The summed E-state index contributed by atoms with van der Waals surface area (Å²) in [7, 11) is 0. The van der Waals surface area contributed by atoms with Crippen LogP contribution < -0.4 is 10.1 Å². The first-order valence-corrected chi connectivity index (χ1v) is 12.0. The minimum atomic E-state index is 0.0965. The first kappa shape index (κ1) is 23.6. The van der Waals surface area contributed by atoms with E-state index in [1.807, 2.05) is 42.5 Å². The van der Waals surface area contributed by atoms with Crippen molar-refractivity contribution in [3.8, 4) is 5.75 Å². The molecule has 0 aliphatic carbocycles. The normalized spacial score (nSPS) is 11.0. The van der Waals surface area contributed by atoms with Crippen LogP contribution in [0.1, 0.15) is 35.4 Å². The number of fused-ring (bicyclic) bond motifs is 1. The zero-order chi connectivity index (χ0) is 23.8. The van der Waals surface area contributed by atoms with Crippen LogP contribution in [0.5, 0.6) is 5.75 Å². The van der Waals surface area contributed by atoms with Gasteiger partial charge in [0.25, 0.3) is 0 Å². The number of imidazole rings is 1. The predicted molar refractivity (Wildman–Crippen MR) is 137 cm³/mol. The van der Waals surface area contributed by atoms with Crippen LogP contribution in [0.25, 0.3) is 11.0 Å². The van der Waals surface area contributed by atoms with Crippen molar-refractivity contribution in [2.45, 2.75) is 46.1 Å². The molecule has 0 fully saturated rings. The van der Waals surface area contributed by atoms with Gasteiger partial charge in [-0.3, -0.25) is 4.79 Å². The Labute approximate surface area is 201 Å². The molecule has 34 heavy (non-hydrogen) atoms. The highest BCUT2D eigenvalue weighted by Crippen LogP contribution is 2.20. The molecule has 0 radical (unpaired) electrons. The summed E-state index contributed by atoms with van der Waals surface area (Å²) in [6, 6.07) is 24.6. The van der Waals surface area contributed by atoms with Crippen LogP contribution in [0.15, 0.2) is 72.8 Å². The van der Waals surface area contributed by atoms with E-state index in [1.165, 1.54) is 11.1 Å². The summed E-state index contributed by atoms with van der Waals surface area (Å²) in [5.41, 5.74) is 5.69. The minimum absolute atomic E-state index is 0.0965. The largest absolute Gasteiger partial charge is 0.491 e. The number of rotatable bonds is 11. The molecular formula is C29H33N3O2. The number of amides is 1. The molecule has 3 aromatic carbocycles. The van der Waals surface area contributed by atoms with Crippen LogP contribution in [0.4, 0.5) is 0 Å². The monoisotopic (exact) mass is 455 g/mol. The van der Waals surface area contributed by atoms with Crippen molar-refractivity contribution < 1.29 is 9.53 Å². The quantitative estimate of drug-likeness (QED) is 0.308. The van der Waals surface area contributed by atoms with Crippen molar-refractivity contribution in [2.24, 2.45) is 0 Å². The van der Waals surface area contributed by atoms with Gasteiger partial charge in [-0.15, -0.1) is 0 Å². The molecule has 0 unspecified atom stereocenters. The van der Waals surface area contributed by atoms with Gasteiger partial charge in [-0.1, -0.05) is 60.2 Å². The number of para-hydroxylation sites is 2. The standard InChI is InChI=1S/C29H33N3O2/c1-22-14-16-27(23(2)21-22)34-20-19-32-26-12-7-6-11-25(26)31-28(32)13-8-18-30-29(33)17-15-24-9-4-3-5-10-24/h3-7,9-12,14,16,21H,8,13,15,17-20H2,1-2H3,(H,30,33). The second-order valence-corrected chi connectivity index (χ2v) is 8.72. The van der Waals surface area contributed by atoms with Crippen molar-refractivity contribution in [2.75, 3.05) is 13.2 Å². The molecule has 0 bridgehead atoms. The Bertz CT molecular complexity index is 1230. The molecule has 5 nitrogen and oxygen atoms in total. The molecule has 1 N–H and O–H groups in total. The highest BCUT2D eigenvalue weighted by atomic mass is 16.5. The molecule has 1 aromatic heterocycles. The smallest absolute Gasteiger partial charge is 0.220 e. The third kappa shape index (κ3) is 6.25. The number of hydrogen-bond donors (Lipinski definition) is 1. The maximum Gasteiger partial charge on any atom is 0.220 e. The molecule has 0 saturated heterocycles. The number of aromatic nitrogens is 2. The number of carbonyl (C=O) groups excluding carboxylic acids is 1. The van der Waals surface area contributed by atoms with Gasteiger partial charge in [-0.25, -0.2) is 4.98 Å². The van der Waals surface area contributed by atoms with Crippen LogP contribution in [-0.2, 0) is 24.2 Å². The number of carbonyl (C=O) groups is 1. The third-order valence-electron chi connectivity index (χ3n) is 6.02. The Morgan fingerprint density at radius 3 is 2.59 bits per heavy atom. The topological polar surface area (TPSA) is 56.1 Å².